The van der Waals surface area contributed by atoms with Gasteiger partial charge >= 0.3 is 5.97 Å². The Balaban J connectivity index is 2.04. The standard InChI is InChI=1S/C15H20N2O3/c1-17(2)10-11-4-6-12(7-5-11)13(18)16-15(14(19)20)8-3-9-15/h4-7H,3,8-10H2,1-2H3,(H,16,18)(H,19,20). The van der Waals surface area contributed by atoms with Crippen molar-refractivity contribution in [1.29, 1.82) is 0 Å². The van der Waals surface area contributed by atoms with Crippen molar-refractivity contribution in [3.63, 3.8) is 0 Å². The van der Waals surface area contributed by atoms with E-state index in [0.717, 1.165) is 18.5 Å². The van der Waals surface area contributed by atoms with Crippen LogP contribution in [-0.4, -0.2) is 41.5 Å². The summed E-state index contributed by atoms with van der Waals surface area (Å²) < 4.78 is 0. The van der Waals surface area contributed by atoms with Crippen molar-refractivity contribution in [1.82, 2.24) is 10.2 Å². The second-order valence-electron chi connectivity index (χ2n) is 5.63. The highest BCUT2D eigenvalue weighted by Gasteiger charge is 2.45. The molecule has 0 saturated heterocycles. The van der Waals surface area contributed by atoms with Crippen molar-refractivity contribution >= 4 is 11.9 Å². The van der Waals surface area contributed by atoms with E-state index in [9.17, 15) is 14.7 Å². The van der Waals surface area contributed by atoms with E-state index >= 15 is 0 Å². The lowest BCUT2D eigenvalue weighted by molar-refractivity contribution is -0.148. The first-order valence-electron chi connectivity index (χ1n) is 6.72. The number of benzene rings is 1. The van der Waals surface area contributed by atoms with Crippen LogP contribution >= 0.6 is 0 Å². The van der Waals surface area contributed by atoms with Crippen molar-refractivity contribution in [2.75, 3.05) is 14.1 Å². The first kappa shape index (κ1) is 14.5. The molecule has 1 aliphatic carbocycles. The van der Waals surface area contributed by atoms with Gasteiger partial charge in [-0.3, -0.25) is 4.79 Å². The summed E-state index contributed by atoms with van der Waals surface area (Å²) in [6.07, 6.45) is 1.86. The number of hydrogen-bond donors (Lipinski definition) is 2. The SMILES string of the molecule is CN(C)Cc1ccc(C(=O)NC2(C(=O)O)CCC2)cc1. The molecule has 2 rings (SSSR count). The van der Waals surface area contributed by atoms with Crippen LogP contribution in [0.5, 0.6) is 0 Å². The molecule has 0 atom stereocenters. The third-order valence-corrected chi connectivity index (χ3v) is 3.68. The summed E-state index contributed by atoms with van der Waals surface area (Å²) in [6.45, 7) is 0.807. The van der Waals surface area contributed by atoms with Gasteiger partial charge in [0.25, 0.3) is 5.91 Å². The van der Waals surface area contributed by atoms with E-state index in [1.165, 1.54) is 0 Å². The minimum atomic E-state index is -1.06. The topological polar surface area (TPSA) is 69.6 Å². The quantitative estimate of drug-likeness (QED) is 0.854. The van der Waals surface area contributed by atoms with Gasteiger partial charge in [0.2, 0.25) is 0 Å². The van der Waals surface area contributed by atoms with Crippen LogP contribution in [-0.2, 0) is 11.3 Å². The fourth-order valence-electron chi connectivity index (χ4n) is 2.34. The smallest absolute Gasteiger partial charge is 0.329 e. The van der Waals surface area contributed by atoms with Gasteiger partial charge in [0.05, 0.1) is 0 Å². The molecular weight excluding hydrogens is 256 g/mol. The predicted octanol–water partition coefficient (Wildman–Crippen LogP) is 1.49. The molecule has 0 spiro atoms. The molecule has 0 bridgehead atoms. The highest BCUT2D eigenvalue weighted by atomic mass is 16.4. The predicted molar refractivity (Wildman–Crippen MR) is 75.5 cm³/mol. The van der Waals surface area contributed by atoms with E-state index in [1.807, 2.05) is 31.1 Å². The van der Waals surface area contributed by atoms with Gasteiger partial charge in [0, 0.05) is 12.1 Å². The Hall–Kier alpha value is -1.88. The number of rotatable bonds is 5. The van der Waals surface area contributed by atoms with Gasteiger partial charge in [-0.15, -0.1) is 0 Å². The lowest BCUT2D eigenvalue weighted by Gasteiger charge is -2.38. The number of carbonyl (C=O) groups is 2. The Labute approximate surface area is 118 Å². The van der Waals surface area contributed by atoms with E-state index < -0.39 is 11.5 Å². The van der Waals surface area contributed by atoms with Crippen LogP contribution in [0.4, 0.5) is 0 Å². The number of nitrogens with one attached hydrogen (secondary N) is 1. The van der Waals surface area contributed by atoms with Crippen molar-refractivity contribution in [3.8, 4) is 0 Å². The average molecular weight is 276 g/mol. The molecule has 20 heavy (non-hydrogen) atoms. The van der Waals surface area contributed by atoms with Gasteiger partial charge in [0.1, 0.15) is 5.54 Å². The first-order valence-corrected chi connectivity index (χ1v) is 6.72. The summed E-state index contributed by atoms with van der Waals surface area (Å²) in [5.74, 6) is -1.26. The Bertz CT molecular complexity index is 504. The number of amides is 1. The van der Waals surface area contributed by atoms with E-state index in [0.29, 0.717) is 18.4 Å². The second kappa shape index (κ2) is 5.63. The minimum absolute atomic E-state index is 0.316. The van der Waals surface area contributed by atoms with E-state index in [1.54, 1.807) is 12.1 Å². The number of carbonyl (C=O) groups excluding carboxylic acids is 1. The van der Waals surface area contributed by atoms with Crippen molar-refractivity contribution in [3.05, 3.63) is 35.4 Å². The highest BCUT2D eigenvalue weighted by molar-refractivity contribution is 5.98. The van der Waals surface area contributed by atoms with E-state index in [4.69, 9.17) is 0 Å². The van der Waals surface area contributed by atoms with Gasteiger partial charge in [-0.2, -0.15) is 0 Å². The Morgan fingerprint density at radius 1 is 1.25 bits per heavy atom. The number of carboxylic acid groups (broad SMARTS) is 1. The molecule has 1 fully saturated rings. The Kier molecular flexibility index (Phi) is 4.09. The third kappa shape index (κ3) is 2.99. The van der Waals surface area contributed by atoms with Crippen LogP contribution < -0.4 is 5.32 Å². The third-order valence-electron chi connectivity index (χ3n) is 3.68. The number of hydrogen-bond acceptors (Lipinski definition) is 3. The summed E-state index contributed by atoms with van der Waals surface area (Å²) >= 11 is 0. The van der Waals surface area contributed by atoms with Crippen LogP contribution in [0.1, 0.15) is 35.2 Å². The van der Waals surface area contributed by atoms with E-state index in [-0.39, 0.29) is 5.91 Å². The maximum absolute atomic E-state index is 12.1. The van der Waals surface area contributed by atoms with Gasteiger partial charge in [-0.1, -0.05) is 12.1 Å². The molecule has 1 amide bonds. The van der Waals surface area contributed by atoms with Gasteiger partial charge in [0.15, 0.2) is 0 Å². The van der Waals surface area contributed by atoms with Gasteiger partial charge < -0.3 is 15.3 Å². The lowest BCUT2D eigenvalue weighted by Crippen LogP contribution is -2.59. The largest absolute Gasteiger partial charge is 0.480 e. The maximum Gasteiger partial charge on any atom is 0.329 e. The summed E-state index contributed by atoms with van der Waals surface area (Å²) in [6, 6.07) is 7.26. The minimum Gasteiger partial charge on any atom is -0.480 e. The molecule has 0 heterocycles. The van der Waals surface area contributed by atoms with Gasteiger partial charge in [-0.25, -0.2) is 4.79 Å². The second-order valence-corrected chi connectivity index (χ2v) is 5.63. The maximum atomic E-state index is 12.1. The zero-order valence-electron chi connectivity index (χ0n) is 11.8. The molecule has 0 radical (unpaired) electrons. The summed E-state index contributed by atoms with van der Waals surface area (Å²) in [4.78, 5) is 25.4. The Morgan fingerprint density at radius 2 is 1.85 bits per heavy atom. The van der Waals surface area contributed by atoms with Crippen LogP contribution in [0.2, 0.25) is 0 Å². The van der Waals surface area contributed by atoms with Crippen LogP contribution in [0, 0.1) is 0 Å². The average Bonchev–Trinajstić information content (AvgIpc) is 2.33. The summed E-state index contributed by atoms with van der Waals surface area (Å²) in [5.41, 5.74) is 0.558. The summed E-state index contributed by atoms with van der Waals surface area (Å²) in [7, 11) is 3.96. The molecule has 5 nitrogen and oxygen atoms in total. The molecule has 1 aromatic rings. The highest BCUT2D eigenvalue weighted by Crippen LogP contribution is 2.32. The van der Waals surface area contributed by atoms with Crippen LogP contribution in [0.25, 0.3) is 0 Å². The molecule has 2 N–H and O–H groups in total. The van der Waals surface area contributed by atoms with E-state index in [2.05, 4.69) is 5.32 Å². The van der Waals surface area contributed by atoms with Gasteiger partial charge in [-0.05, 0) is 51.1 Å². The molecule has 5 heteroatoms. The number of aliphatic carboxylic acids is 1. The molecule has 108 valence electrons. The summed E-state index contributed by atoms with van der Waals surface area (Å²) in [5, 5.41) is 11.9. The molecule has 1 aliphatic rings. The molecule has 0 aromatic heterocycles. The van der Waals surface area contributed by atoms with Crippen molar-refractivity contribution in [2.24, 2.45) is 0 Å². The normalized spacial score (nSPS) is 16.6. The van der Waals surface area contributed by atoms with Crippen molar-refractivity contribution in [2.45, 2.75) is 31.3 Å². The van der Waals surface area contributed by atoms with Crippen LogP contribution in [0.15, 0.2) is 24.3 Å². The lowest BCUT2D eigenvalue weighted by atomic mass is 9.76. The van der Waals surface area contributed by atoms with Crippen molar-refractivity contribution < 1.29 is 14.7 Å². The molecule has 1 saturated carbocycles. The fraction of sp³-hybridized carbons (Fsp3) is 0.467. The van der Waals surface area contributed by atoms with Crippen LogP contribution in [0.3, 0.4) is 0 Å². The molecular formula is C15H20N2O3. The molecule has 1 aromatic carbocycles. The monoisotopic (exact) mass is 276 g/mol. The first-order chi connectivity index (χ1) is 9.43. The zero-order valence-corrected chi connectivity index (χ0v) is 11.8. The zero-order chi connectivity index (χ0) is 14.8. The fourth-order valence-corrected chi connectivity index (χ4v) is 2.34. The number of nitrogens with zero attached hydrogens (tertiary/aromatic N) is 1. The number of carboxylic acids is 1. The Morgan fingerprint density at radius 3 is 2.25 bits per heavy atom. The molecule has 0 aliphatic heterocycles. The molecule has 0 unspecified atom stereocenters.